The van der Waals surface area contributed by atoms with Crippen LogP contribution in [-0.2, 0) is 17.1 Å². The Morgan fingerprint density at radius 2 is 2.00 bits per heavy atom. The zero-order chi connectivity index (χ0) is 14.5. The van der Waals surface area contributed by atoms with Gasteiger partial charge in [0.25, 0.3) is 5.91 Å². The normalized spacial score (nSPS) is 27.0. The predicted molar refractivity (Wildman–Crippen MR) is 72.6 cm³/mol. The number of rotatable bonds is 2. The summed E-state index contributed by atoms with van der Waals surface area (Å²) in [7, 11) is -1.42. The van der Waals surface area contributed by atoms with Crippen LogP contribution in [0.5, 0.6) is 0 Å². The number of aryl methyl sites for hydroxylation is 1. The number of carbonyl (C=O) groups is 1. The molecule has 0 spiro atoms. The molecular weight excluding hydrogens is 280 g/mol. The molecule has 0 bridgehead atoms. The van der Waals surface area contributed by atoms with Gasteiger partial charge in [0, 0.05) is 38.4 Å². The third-order valence-corrected chi connectivity index (χ3v) is 5.47. The number of likely N-dealkylation sites (tertiary alicyclic amines) is 1. The monoisotopic (exact) mass is 298 g/mol. The Kier molecular flexibility index (Phi) is 3.09. The molecule has 0 N–H and O–H groups in total. The van der Waals surface area contributed by atoms with Crippen molar-refractivity contribution < 1.29 is 13.2 Å². The smallest absolute Gasteiger partial charge is 0.257 e. The lowest BCUT2D eigenvalue weighted by molar-refractivity contribution is 0.0735. The van der Waals surface area contributed by atoms with E-state index in [0.29, 0.717) is 31.5 Å². The van der Waals surface area contributed by atoms with Crippen LogP contribution in [-0.4, -0.2) is 64.7 Å². The number of aromatic nitrogens is 2. The summed E-state index contributed by atoms with van der Waals surface area (Å²) in [5.41, 5.74) is 0.561. The van der Waals surface area contributed by atoms with Gasteiger partial charge in [0.1, 0.15) is 0 Å². The maximum Gasteiger partial charge on any atom is 0.257 e. The standard InChI is InChI=1S/C12H18N4O3S/c1-14-8-9(7-13-14)12(17)15-5-3-11-10(15)4-6-16(11)20(2,18)19/h7-8,10-11H,3-6H2,1-2H3/t10-,11+/m0/s1. The van der Waals surface area contributed by atoms with Gasteiger partial charge in [-0.2, -0.15) is 9.40 Å². The van der Waals surface area contributed by atoms with Gasteiger partial charge in [-0.1, -0.05) is 0 Å². The number of hydrogen-bond donors (Lipinski definition) is 0. The van der Waals surface area contributed by atoms with E-state index in [9.17, 15) is 13.2 Å². The summed E-state index contributed by atoms with van der Waals surface area (Å²) in [5, 5.41) is 4.01. The van der Waals surface area contributed by atoms with Gasteiger partial charge in [-0.3, -0.25) is 9.48 Å². The molecule has 3 rings (SSSR count). The van der Waals surface area contributed by atoms with Crippen molar-refractivity contribution >= 4 is 15.9 Å². The summed E-state index contributed by atoms with van der Waals surface area (Å²) >= 11 is 0. The molecule has 2 saturated heterocycles. The first-order valence-corrected chi connectivity index (χ1v) is 8.49. The van der Waals surface area contributed by atoms with Crippen molar-refractivity contribution in [1.29, 1.82) is 0 Å². The average Bonchev–Trinajstić information content (AvgIpc) is 3.00. The topological polar surface area (TPSA) is 75.5 Å². The summed E-state index contributed by atoms with van der Waals surface area (Å²) in [6.45, 7) is 1.11. The lowest BCUT2D eigenvalue weighted by Gasteiger charge is -2.24. The Morgan fingerprint density at radius 3 is 2.60 bits per heavy atom. The van der Waals surface area contributed by atoms with E-state index in [1.807, 2.05) is 0 Å². The fourth-order valence-corrected chi connectivity index (χ4v) is 4.48. The molecule has 2 fully saturated rings. The largest absolute Gasteiger partial charge is 0.334 e. The Labute approximate surface area is 118 Å². The van der Waals surface area contributed by atoms with E-state index >= 15 is 0 Å². The van der Waals surface area contributed by atoms with E-state index in [-0.39, 0.29) is 18.0 Å². The number of fused-ring (bicyclic) bond motifs is 1. The highest BCUT2D eigenvalue weighted by Gasteiger charge is 2.47. The molecule has 0 aromatic carbocycles. The lowest BCUT2D eigenvalue weighted by Crippen LogP contribution is -2.41. The summed E-state index contributed by atoms with van der Waals surface area (Å²) in [5.74, 6) is -0.0547. The van der Waals surface area contributed by atoms with Crippen LogP contribution < -0.4 is 0 Å². The maximum atomic E-state index is 12.5. The molecule has 0 unspecified atom stereocenters. The summed E-state index contributed by atoms with van der Waals surface area (Å²) in [6.07, 6.45) is 5.91. The van der Waals surface area contributed by atoms with Gasteiger partial charge in [-0.15, -0.1) is 0 Å². The minimum Gasteiger partial charge on any atom is -0.334 e. The lowest BCUT2D eigenvalue weighted by atomic mass is 10.1. The van der Waals surface area contributed by atoms with E-state index < -0.39 is 10.0 Å². The van der Waals surface area contributed by atoms with Crippen LogP contribution in [0.2, 0.25) is 0 Å². The van der Waals surface area contributed by atoms with Crippen LogP contribution in [0.25, 0.3) is 0 Å². The number of hydrogen-bond acceptors (Lipinski definition) is 4. The fourth-order valence-electron chi connectivity index (χ4n) is 3.31. The first-order valence-electron chi connectivity index (χ1n) is 6.64. The van der Waals surface area contributed by atoms with Crippen LogP contribution in [0, 0.1) is 0 Å². The molecular formula is C12H18N4O3S. The third kappa shape index (κ3) is 2.12. The minimum absolute atomic E-state index is 0.00238. The van der Waals surface area contributed by atoms with E-state index in [0.717, 1.165) is 0 Å². The quantitative estimate of drug-likeness (QED) is 0.749. The first-order chi connectivity index (χ1) is 9.38. The maximum absolute atomic E-state index is 12.5. The van der Waals surface area contributed by atoms with Gasteiger partial charge in [-0.05, 0) is 12.8 Å². The van der Waals surface area contributed by atoms with E-state index in [4.69, 9.17) is 0 Å². The van der Waals surface area contributed by atoms with Crippen molar-refractivity contribution in [3.8, 4) is 0 Å². The Hall–Kier alpha value is -1.41. The van der Waals surface area contributed by atoms with Crippen molar-refractivity contribution in [1.82, 2.24) is 19.0 Å². The van der Waals surface area contributed by atoms with Gasteiger partial charge in [-0.25, -0.2) is 8.42 Å². The highest BCUT2D eigenvalue weighted by molar-refractivity contribution is 7.88. The molecule has 0 aliphatic carbocycles. The van der Waals surface area contributed by atoms with Crippen molar-refractivity contribution in [2.45, 2.75) is 24.9 Å². The van der Waals surface area contributed by atoms with Crippen LogP contribution in [0.4, 0.5) is 0 Å². The number of nitrogens with zero attached hydrogens (tertiary/aromatic N) is 4. The molecule has 1 aromatic rings. The molecule has 0 radical (unpaired) electrons. The van der Waals surface area contributed by atoms with Crippen LogP contribution >= 0.6 is 0 Å². The highest BCUT2D eigenvalue weighted by atomic mass is 32.2. The summed E-state index contributed by atoms with van der Waals surface area (Å²) in [6, 6.07) is -0.0666. The molecule has 2 aliphatic rings. The van der Waals surface area contributed by atoms with Crippen LogP contribution in [0.15, 0.2) is 12.4 Å². The SMILES string of the molecule is Cn1cc(C(=O)N2CC[C@@H]3[C@@H]2CCN3S(C)(=O)=O)cn1. The van der Waals surface area contributed by atoms with Crippen molar-refractivity contribution in [3.05, 3.63) is 18.0 Å². The molecule has 20 heavy (non-hydrogen) atoms. The molecule has 1 amide bonds. The van der Waals surface area contributed by atoms with E-state index in [2.05, 4.69) is 5.10 Å². The van der Waals surface area contributed by atoms with Crippen molar-refractivity contribution in [3.63, 3.8) is 0 Å². The molecule has 7 nitrogen and oxygen atoms in total. The zero-order valence-electron chi connectivity index (χ0n) is 11.6. The number of amides is 1. The molecule has 2 atom stereocenters. The molecule has 110 valence electrons. The Bertz CT molecular complexity index is 639. The Morgan fingerprint density at radius 1 is 1.30 bits per heavy atom. The highest BCUT2D eigenvalue weighted by Crippen LogP contribution is 2.33. The molecule has 0 saturated carbocycles. The number of carbonyl (C=O) groups excluding carboxylic acids is 1. The van der Waals surface area contributed by atoms with Crippen LogP contribution in [0.3, 0.4) is 0 Å². The predicted octanol–water partition coefficient (Wildman–Crippen LogP) is -0.331. The first kappa shape index (κ1) is 13.6. The molecule has 1 aromatic heterocycles. The van der Waals surface area contributed by atoms with Gasteiger partial charge in [0.2, 0.25) is 10.0 Å². The summed E-state index contributed by atoms with van der Waals surface area (Å²) in [4.78, 5) is 14.3. The van der Waals surface area contributed by atoms with Gasteiger partial charge < -0.3 is 4.90 Å². The molecule has 2 aliphatic heterocycles. The fraction of sp³-hybridized carbons (Fsp3) is 0.667. The van der Waals surface area contributed by atoms with Crippen molar-refractivity contribution in [2.75, 3.05) is 19.3 Å². The van der Waals surface area contributed by atoms with Gasteiger partial charge in [0.05, 0.1) is 18.0 Å². The van der Waals surface area contributed by atoms with E-state index in [1.54, 1.807) is 29.0 Å². The van der Waals surface area contributed by atoms with Crippen molar-refractivity contribution in [2.24, 2.45) is 7.05 Å². The molecule has 3 heterocycles. The second-order valence-electron chi connectivity index (χ2n) is 5.49. The van der Waals surface area contributed by atoms with Crippen LogP contribution in [0.1, 0.15) is 23.2 Å². The van der Waals surface area contributed by atoms with Gasteiger partial charge in [0.15, 0.2) is 0 Å². The minimum atomic E-state index is -3.19. The van der Waals surface area contributed by atoms with Gasteiger partial charge >= 0.3 is 0 Å². The Balaban J connectivity index is 1.80. The van der Waals surface area contributed by atoms with E-state index in [1.165, 1.54) is 10.6 Å². The summed E-state index contributed by atoms with van der Waals surface area (Å²) < 4.78 is 26.6. The second-order valence-corrected chi connectivity index (χ2v) is 7.42. The third-order valence-electron chi connectivity index (χ3n) is 4.16. The number of sulfonamides is 1. The second kappa shape index (κ2) is 4.56. The molecule has 8 heteroatoms. The zero-order valence-corrected chi connectivity index (χ0v) is 12.4. The average molecular weight is 298 g/mol.